The highest BCUT2D eigenvalue weighted by Crippen LogP contribution is 2.48. The number of fused-ring (bicyclic) bond motifs is 1. The van der Waals surface area contributed by atoms with Crippen LogP contribution in [0.4, 0.5) is 5.82 Å². The number of nitrogen functional groups attached to an aromatic ring is 1. The third kappa shape index (κ3) is 3.83. The first-order valence-electron chi connectivity index (χ1n) is 6.89. The Morgan fingerprint density at radius 3 is 3.04 bits per heavy atom. The number of ether oxygens (including phenoxy) is 1. The first-order chi connectivity index (χ1) is 10.8. The largest absolute Gasteiger partial charge is 0.390 e. The minimum absolute atomic E-state index is 0.0489. The van der Waals surface area contributed by atoms with Gasteiger partial charge in [-0.2, -0.15) is 0 Å². The van der Waals surface area contributed by atoms with Crippen molar-refractivity contribution in [1.82, 2.24) is 14.5 Å². The van der Waals surface area contributed by atoms with Gasteiger partial charge in [-0.1, -0.05) is 0 Å². The molecule has 1 fully saturated rings. The molecular weight excluding hydrogens is 363 g/mol. The Morgan fingerprint density at radius 1 is 1.57 bits per heavy atom. The summed E-state index contributed by atoms with van der Waals surface area (Å²) in [4.78, 5) is 17.5. The Bertz CT molecular complexity index is 754. The highest BCUT2D eigenvalue weighted by atomic mass is 35.7. The molecule has 4 N–H and O–H groups in total. The number of rotatable bonds is 4. The molecule has 0 saturated carbocycles. The van der Waals surface area contributed by atoms with E-state index in [1.165, 1.54) is 6.33 Å². The van der Waals surface area contributed by atoms with Crippen molar-refractivity contribution < 1.29 is 19.3 Å². The van der Waals surface area contributed by atoms with E-state index in [2.05, 4.69) is 21.8 Å². The van der Waals surface area contributed by atoms with Crippen molar-refractivity contribution in [3.05, 3.63) is 18.6 Å². The van der Waals surface area contributed by atoms with E-state index in [0.717, 1.165) is 5.39 Å². The van der Waals surface area contributed by atoms with E-state index in [0.29, 0.717) is 24.5 Å². The Balaban J connectivity index is 1.72. The lowest BCUT2D eigenvalue weighted by atomic mass is 10.0. The van der Waals surface area contributed by atoms with Crippen LogP contribution in [0.1, 0.15) is 12.5 Å². The number of nitrogens with zero attached hydrogens (tertiary/aromatic N) is 3. The molecule has 0 amide bonds. The highest BCUT2D eigenvalue weighted by molar-refractivity contribution is 8.21. The minimum atomic E-state index is -3.28. The van der Waals surface area contributed by atoms with Gasteiger partial charge in [-0.05, 0) is 35.5 Å². The lowest BCUT2D eigenvalue weighted by molar-refractivity contribution is -0.107. The van der Waals surface area contributed by atoms with Gasteiger partial charge in [0.05, 0.1) is 30.7 Å². The van der Waals surface area contributed by atoms with E-state index in [1.807, 2.05) is 16.8 Å². The van der Waals surface area contributed by atoms with Gasteiger partial charge in [0, 0.05) is 6.20 Å². The zero-order valence-corrected chi connectivity index (χ0v) is 14.4. The van der Waals surface area contributed by atoms with Crippen LogP contribution >= 0.6 is 17.1 Å². The Hall–Kier alpha value is -0.800. The lowest BCUT2D eigenvalue weighted by Gasteiger charge is -2.34. The van der Waals surface area contributed by atoms with E-state index in [9.17, 15) is 10.00 Å². The fourth-order valence-corrected chi connectivity index (χ4v) is 3.33. The summed E-state index contributed by atoms with van der Waals surface area (Å²) in [5, 5.41) is 11.0. The number of anilines is 1. The summed E-state index contributed by atoms with van der Waals surface area (Å²) < 4.78 is 12.5. The van der Waals surface area contributed by atoms with Crippen LogP contribution in [0.25, 0.3) is 11.0 Å². The first kappa shape index (κ1) is 17.0. The maximum absolute atomic E-state index is 10.2. The van der Waals surface area contributed by atoms with Crippen molar-refractivity contribution in [2.75, 3.05) is 18.9 Å². The van der Waals surface area contributed by atoms with Crippen LogP contribution < -0.4 is 5.73 Å². The van der Waals surface area contributed by atoms with Crippen molar-refractivity contribution in [1.29, 1.82) is 0 Å². The van der Waals surface area contributed by atoms with Gasteiger partial charge in [0.25, 0.3) is 5.84 Å². The monoisotopic (exact) mass is 378 g/mol. The average molecular weight is 379 g/mol. The molecule has 0 aliphatic carbocycles. The van der Waals surface area contributed by atoms with Crippen molar-refractivity contribution in [2.24, 2.45) is 0 Å². The summed E-state index contributed by atoms with van der Waals surface area (Å²) in [6, 6.07) is 1.74. The summed E-state index contributed by atoms with van der Waals surface area (Å²) >= 11 is 10.1. The normalized spacial score (nSPS) is 27.9. The molecular formula is C12H16ClN4O4PS. The quantitative estimate of drug-likeness (QED) is 0.679. The molecule has 0 spiro atoms. The van der Waals surface area contributed by atoms with Crippen LogP contribution in [0.5, 0.6) is 0 Å². The SMILES string of the molecule is Nc1ncnc2c1ccn2C1CO[C@H](COP(O)(=S)Cl)[C@@H](O)C1. The number of nitrogens with two attached hydrogens (primary N) is 1. The summed E-state index contributed by atoms with van der Waals surface area (Å²) in [6.07, 6.45) is 2.33. The molecule has 11 heteroatoms. The molecule has 2 aromatic rings. The molecule has 0 aromatic carbocycles. The van der Waals surface area contributed by atoms with Gasteiger partial charge < -0.3 is 29.6 Å². The predicted molar refractivity (Wildman–Crippen MR) is 89.7 cm³/mol. The van der Waals surface area contributed by atoms with Gasteiger partial charge in [0.1, 0.15) is 23.9 Å². The van der Waals surface area contributed by atoms with Crippen LogP contribution in [0, 0.1) is 0 Å². The van der Waals surface area contributed by atoms with E-state index in [1.54, 1.807) is 0 Å². The fraction of sp³-hybridized carbons (Fsp3) is 0.500. The van der Waals surface area contributed by atoms with Gasteiger partial charge in [-0.15, -0.1) is 0 Å². The predicted octanol–water partition coefficient (Wildman–Crippen LogP) is 1.18. The van der Waals surface area contributed by atoms with Gasteiger partial charge in [-0.25, -0.2) is 9.97 Å². The molecule has 2 unspecified atom stereocenters. The second-order valence-electron chi connectivity index (χ2n) is 5.30. The summed E-state index contributed by atoms with van der Waals surface area (Å²) in [5.41, 5.74) is 6.52. The molecule has 126 valence electrons. The van der Waals surface area contributed by atoms with Crippen molar-refractivity contribution in [3.8, 4) is 0 Å². The Kier molecular flexibility index (Phi) is 4.89. The van der Waals surface area contributed by atoms with Crippen molar-refractivity contribution in [3.63, 3.8) is 0 Å². The van der Waals surface area contributed by atoms with Crippen LogP contribution in [-0.4, -0.2) is 50.0 Å². The number of aromatic nitrogens is 3. The topological polar surface area (TPSA) is 116 Å². The zero-order valence-electron chi connectivity index (χ0n) is 11.9. The summed E-state index contributed by atoms with van der Waals surface area (Å²) in [7, 11) is 0. The molecule has 3 heterocycles. The molecule has 8 nitrogen and oxygen atoms in total. The van der Waals surface area contributed by atoms with Gasteiger partial charge in [-0.3, -0.25) is 0 Å². The molecule has 0 bridgehead atoms. The molecule has 4 atom stereocenters. The van der Waals surface area contributed by atoms with Gasteiger partial charge in [0.2, 0.25) is 0 Å². The van der Waals surface area contributed by atoms with Crippen LogP contribution in [-0.2, 0) is 21.1 Å². The molecule has 1 saturated heterocycles. The summed E-state index contributed by atoms with van der Waals surface area (Å²) in [5.74, 6) is -2.87. The van der Waals surface area contributed by atoms with E-state index >= 15 is 0 Å². The first-order valence-corrected chi connectivity index (χ1v) is 10.5. The third-order valence-electron chi connectivity index (χ3n) is 3.78. The number of hydrogen-bond acceptors (Lipinski definition) is 7. The standard InChI is InChI=1S/C12H16ClN4O4PS/c13-22(19,23)21-5-10-9(18)3-7(4-20-10)17-2-1-8-11(14)15-6-16-12(8)17/h1-2,6-7,9-10,18H,3-5H2,(H,19,23)(H2,14,15,16)/t7?,9-,10+,22?/m0/s1. The molecule has 2 aromatic heterocycles. The van der Waals surface area contributed by atoms with Crippen LogP contribution in [0.2, 0.25) is 0 Å². The second kappa shape index (κ2) is 6.60. The number of aliphatic hydroxyl groups is 1. The van der Waals surface area contributed by atoms with E-state index in [4.69, 9.17) is 26.2 Å². The number of hydrogen-bond donors (Lipinski definition) is 3. The van der Waals surface area contributed by atoms with E-state index < -0.39 is 18.1 Å². The maximum Gasteiger partial charge on any atom is 0.279 e. The van der Waals surface area contributed by atoms with E-state index in [-0.39, 0.29) is 12.6 Å². The van der Waals surface area contributed by atoms with Crippen molar-refractivity contribution in [2.45, 2.75) is 24.7 Å². The number of halogens is 1. The minimum Gasteiger partial charge on any atom is -0.390 e. The molecule has 3 rings (SSSR count). The second-order valence-corrected chi connectivity index (χ2v) is 9.92. The third-order valence-corrected chi connectivity index (χ3v) is 4.85. The summed E-state index contributed by atoms with van der Waals surface area (Å²) in [6.45, 7) is 0.308. The molecule has 0 radical (unpaired) electrons. The average Bonchev–Trinajstić information content (AvgIpc) is 2.90. The highest BCUT2D eigenvalue weighted by Gasteiger charge is 2.32. The zero-order chi connectivity index (χ0) is 16.6. The smallest absolute Gasteiger partial charge is 0.279 e. The van der Waals surface area contributed by atoms with Gasteiger partial charge in [0.15, 0.2) is 0 Å². The maximum atomic E-state index is 10.2. The van der Waals surface area contributed by atoms with Crippen LogP contribution in [0.3, 0.4) is 0 Å². The Labute approximate surface area is 142 Å². The molecule has 23 heavy (non-hydrogen) atoms. The Morgan fingerprint density at radius 2 is 2.35 bits per heavy atom. The molecule has 1 aliphatic heterocycles. The van der Waals surface area contributed by atoms with Crippen LogP contribution in [0.15, 0.2) is 18.6 Å². The fourth-order valence-electron chi connectivity index (χ4n) is 2.65. The lowest BCUT2D eigenvalue weighted by Crippen LogP contribution is -2.41. The molecule has 1 aliphatic rings. The number of aliphatic hydroxyl groups excluding tert-OH is 1. The van der Waals surface area contributed by atoms with Crippen molar-refractivity contribution >= 4 is 45.7 Å². The van der Waals surface area contributed by atoms with Gasteiger partial charge >= 0.3 is 0 Å².